The lowest BCUT2D eigenvalue weighted by molar-refractivity contribution is -0.118. The topological polar surface area (TPSA) is 79.8 Å². The standard InChI is InChI=1S/C23H29N3O4S2/c1-4-25(5-2)14-15-26(23-24-20-12-11-18(30-3)17-21(20)31-23)22(27)13-16-32(28,29)19-9-7-6-8-10-19/h6-12,17H,4-5,13-16H2,1-3H3. The molecule has 172 valence electrons. The summed E-state index contributed by atoms with van der Waals surface area (Å²) in [5.41, 5.74) is 0.781. The van der Waals surface area contributed by atoms with Crippen LogP contribution in [0, 0.1) is 0 Å². The predicted octanol–water partition coefficient (Wildman–Crippen LogP) is 3.84. The molecule has 0 spiro atoms. The largest absolute Gasteiger partial charge is 0.497 e. The van der Waals surface area contributed by atoms with E-state index in [1.54, 1.807) is 42.3 Å². The van der Waals surface area contributed by atoms with E-state index in [1.807, 2.05) is 18.2 Å². The number of nitrogens with zero attached hydrogens (tertiary/aromatic N) is 3. The van der Waals surface area contributed by atoms with Crippen LogP contribution in [0.1, 0.15) is 20.3 Å². The van der Waals surface area contributed by atoms with Gasteiger partial charge in [-0.25, -0.2) is 13.4 Å². The van der Waals surface area contributed by atoms with Crippen LogP contribution in [0.3, 0.4) is 0 Å². The lowest BCUT2D eigenvalue weighted by Crippen LogP contribution is -2.39. The Morgan fingerprint density at radius 2 is 1.78 bits per heavy atom. The van der Waals surface area contributed by atoms with Gasteiger partial charge >= 0.3 is 0 Å². The molecule has 1 aromatic heterocycles. The monoisotopic (exact) mass is 475 g/mol. The van der Waals surface area contributed by atoms with Crippen LogP contribution >= 0.6 is 11.3 Å². The molecule has 0 N–H and O–H groups in total. The van der Waals surface area contributed by atoms with E-state index in [2.05, 4.69) is 23.7 Å². The maximum absolute atomic E-state index is 13.2. The number of carbonyl (C=O) groups is 1. The van der Waals surface area contributed by atoms with Crippen molar-refractivity contribution in [2.24, 2.45) is 0 Å². The number of likely N-dealkylation sites (N-methyl/N-ethyl adjacent to an activating group) is 1. The molecule has 7 nitrogen and oxygen atoms in total. The van der Waals surface area contributed by atoms with Gasteiger partial charge in [-0.05, 0) is 43.4 Å². The van der Waals surface area contributed by atoms with Crippen molar-refractivity contribution >= 4 is 42.4 Å². The zero-order valence-electron chi connectivity index (χ0n) is 18.7. The van der Waals surface area contributed by atoms with Crippen molar-refractivity contribution in [1.82, 2.24) is 9.88 Å². The predicted molar refractivity (Wildman–Crippen MR) is 129 cm³/mol. The summed E-state index contributed by atoms with van der Waals surface area (Å²) in [7, 11) is -1.93. The van der Waals surface area contributed by atoms with Gasteiger partial charge in [0.2, 0.25) is 5.91 Å². The Morgan fingerprint density at radius 1 is 1.06 bits per heavy atom. The SMILES string of the molecule is CCN(CC)CCN(C(=O)CCS(=O)(=O)c1ccccc1)c1nc2ccc(OC)cc2s1. The number of aromatic nitrogens is 1. The molecule has 2 aromatic carbocycles. The highest BCUT2D eigenvalue weighted by Crippen LogP contribution is 2.32. The average molecular weight is 476 g/mol. The smallest absolute Gasteiger partial charge is 0.229 e. The van der Waals surface area contributed by atoms with Gasteiger partial charge in [0.1, 0.15) is 5.75 Å². The number of thiazole rings is 1. The second kappa shape index (κ2) is 10.9. The molecule has 0 saturated carbocycles. The molecule has 0 radical (unpaired) electrons. The van der Waals surface area contributed by atoms with Crippen LogP contribution in [0.4, 0.5) is 5.13 Å². The molecule has 0 unspecified atom stereocenters. The van der Waals surface area contributed by atoms with Gasteiger partial charge in [-0.1, -0.05) is 43.4 Å². The number of carbonyl (C=O) groups excluding carboxylic acids is 1. The lowest BCUT2D eigenvalue weighted by atomic mass is 10.3. The van der Waals surface area contributed by atoms with Gasteiger partial charge in [-0.2, -0.15) is 0 Å². The van der Waals surface area contributed by atoms with Crippen LogP contribution in [0.5, 0.6) is 5.75 Å². The molecule has 9 heteroatoms. The fourth-order valence-corrected chi connectivity index (χ4v) is 5.63. The number of benzene rings is 2. The molecule has 0 bridgehead atoms. The zero-order valence-corrected chi connectivity index (χ0v) is 20.3. The van der Waals surface area contributed by atoms with E-state index >= 15 is 0 Å². The number of fused-ring (bicyclic) bond motifs is 1. The van der Waals surface area contributed by atoms with E-state index in [9.17, 15) is 13.2 Å². The molecule has 0 aliphatic carbocycles. The molecule has 0 aliphatic heterocycles. The summed E-state index contributed by atoms with van der Waals surface area (Å²) in [6.07, 6.45) is -0.102. The summed E-state index contributed by atoms with van der Waals surface area (Å²) < 4.78 is 31.5. The van der Waals surface area contributed by atoms with Crippen LogP contribution in [-0.2, 0) is 14.6 Å². The molecule has 0 aliphatic rings. The second-order valence-corrected chi connectivity index (χ2v) is 10.4. The molecule has 0 saturated heterocycles. The molecular formula is C23H29N3O4S2. The number of hydrogen-bond acceptors (Lipinski definition) is 7. The van der Waals surface area contributed by atoms with Crippen LogP contribution in [0.25, 0.3) is 10.2 Å². The van der Waals surface area contributed by atoms with Gasteiger partial charge < -0.3 is 9.64 Å². The molecule has 0 atom stereocenters. The van der Waals surface area contributed by atoms with E-state index in [1.165, 1.54) is 11.3 Å². The molecule has 1 heterocycles. The number of anilines is 1. The molecule has 3 aromatic rings. The third-order valence-electron chi connectivity index (χ3n) is 5.34. The van der Waals surface area contributed by atoms with Gasteiger partial charge in [-0.15, -0.1) is 0 Å². The third kappa shape index (κ3) is 5.85. The van der Waals surface area contributed by atoms with Gasteiger partial charge in [0.15, 0.2) is 15.0 Å². The van der Waals surface area contributed by atoms with Gasteiger partial charge in [0.25, 0.3) is 0 Å². The number of ether oxygens (including phenoxy) is 1. The number of amides is 1. The first-order chi connectivity index (χ1) is 15.4. The van der Waals surface area contributed by atoms with Gasteiger partial charge in [0.05, 0.1) is 28.0 Å². The number of sulfone groups is 1. The fraction of sp³-hybridized carbons (Fsp3) is 0.391. The zero-order chi connectivity index (χ0) is 23.1. The van der Waals surface area contributed by atoms with Crippen molar-refractivity contribution in [3.05, 3.63) is 48.5 Å². The first kappa shape index (κ1) is 24.2. The first-order valence-electron chi connectivity index (χ1n) is 10.6. The van der Waals surface area contributed by atoms with Crippen molar-refractivity contribution < 1.29 is 17.9 Å². The van der Waals surface area contributed by atoms with Crippen molar-refractivity contribution in [1.29, 1.82) is 0 Å². The Kier molecular flexibility index (Phi) is 8.22. The fourth-order valence-electron chi connectivity index (χ4n) is 3.35. The minimum atomic E-state index is -3.54. The van der Waals surface area contributed by atoms with E-state index in [0.717, 1.165) is 29.1 Å². The van der Waals surface area contributed by atoms with Crippen molar-refractivity contribution in [2.45, 2.75) is 25.2 Å². The van der Waals surface area contributed by atoms with Gasteiger partial charge in [0, 0.05) is 19.5 Å². The Bertz CT molecular complexity index is 1140. The van der Waals surface area contributed by atoms with Crippen LogP contribution in [0.2, 0.25) is 0 Å². The lowest BCUT2D eigenvalue weighted by Gasteiger charge is -2.24. The molecule has 3 rings (SSSR count). The maximum atomic E-state index is 13.2. The highest BCUT2D eigenvalue weighted by molar-refractivity contribution is 7.91. The number of hydrogen-bond donors (Lipinski definition) is 0. The van der Waals surface area contributed by atoms with Crippen molar-refractivity contribution in [2.75, 3.05) is 43.9 Å². The molecule has 0 fully saturated rings. The number of methoxy groups -OCH3 is 1. The number of rotatable bonds is 11. The van der Waals surface area contributed by atoms with Crippen molar-refractivity contribution in [3.63, 3.8) is 0 Å². The maximum Gasteiger partial charge on any atom is 0.229 e. The van der Waals surface area contributed by atoms with E-state index < -0.39 is 9.84 Å². The second-order valence-electron chi connectivity index (χ2n) is 7.28. The highest BCUT2D eigenvalue weighted by atomic mass is 32.2. The average Bonchev–Trinajstić information content (AvgIpc) is 3.23. The minimum Gasteiger partial charge on any atom is -0.497 e. The normalized spacial score (nSPS) is 11.8. The summed E-state index contributed by atoms with van der Waals surface area (Å²) in [5.74, 6) is 0.237. The van der Waals surface area contributed by atoms with Crippen LogP contribution in [0.15, 0.2) is 53.4 Å². The third-order valence-corrected chi connectivity index (χ3v) is 8.11. The summed E-state index contributed by atoms with van der Waals surface area (Å²) in [5, 5.41) is 0.572. The van der Waals surface area contributed by atoms with E-state index in [-0.39, 0.29) is 23.0 Å². The van der Waals surface area contributed by atoms with Crippen molar-refractivity contribution in [3.8, 4) is 5.75 Å². The summed E-state index contributed by atoms with van der Waals surface area (Å²) in [6, 6.07) is 13.8. The summed E-state index contributed by atoms with van der Waals surface area (Å²) in [4.78, 5) is 21.9. The van der Waals surface area contributed by atoms with E-state index in [4.69, 9.17) is 4.74 Å². The minimum absolute atomic E-state index is 0.102. The highest BCUT2D eigenvalue weighted by Gasteiger charge is 2.23. The van der Waals surface area contributed by atoms with Crippen LogP contribution < -0.4 is 9.64 Å². The molecular weight excluding hydrogens is 446 g/mol. The quantitative estimate of drug-likeness (QED) is 0.419. The summed E-state index contributed by atoms with van der Waals surface area (Å²) >= 11 is 1.41. The van der Waals surface area contributed by atoms with Crippen LogP contribution in [-0.4, -0.2) is 63.3 Å². The first-order valence-corrected chi connectivity index (χ1v) is 13.1. The van der Waals surface area contributed by atoms with E-state index in [0.29, 0.717) is 18.2 Å². The Morgan fingerprint density at radius 3 is 2.44 bits per heavy atom. The molecule has 32 heavy (non-hydrogen) atoms. The summed E-state index contributed by atoms with van der Waals surface area (Å²) in [6.45, 7) is 7.03. The molecule has 1 amide bonds. The Hall–Kier alpha value is -2.49. The van der Waals surface area contributed by atoms with Gasteiger partial charge in [-0.3, -0.25) is 9.69 Å². The Balaban J connectivity index is 1.82. The Labute approximate surface area is 193 Å².